The van der Waals surface area contributed by atoms with Gasteiger partial charge in [0.05, 0.1) is 13.2 Å². The smallest absolute Gasteiger partial charge is 0.161 e. The van der Waals surface area contributed by atoms with Crippen molar-refractivity contribution in [2.45, 2.75) is 33.3 Å². The standard InChI is InChI=1S/C16H25NO3/c1-5-17(6-2)10-9-13(3)20-15-8-7-14(12-18)11-16(15)19-4/h7-8,11-13H,5-6,9-10H2,1-4H3. The van der Waals surface area contributed by atoms with Gasteiger partial charge in [-0.3, -0.25) is 4.79 Å². The minimum atomic E-state index is 0.103. The first-order chi connectivity index (χ1) is 9.64. The van der Waals surface area contributed by atoms with E-state index in [4.69, 9.17) is 9.47 Å². The predicted octanol–water partition coefficient (Wildman–Crippen LogP) is 3.01. The first-order valence-corrected chi connectivity index (χ1v) is 7.16. The van der Waals surface area contributed by atoms with Crippen LogP contribution < -0.4 is 9.47 Å². The molecule has 112 valence electrons. The van der Waals surface area contributed by atoms with E-state index < -0.39 is 0 Å². The van der Waals surface area contributed by atoms with Gasteiger partial charge in [-0.05, 0) is 44.6 Å². The zero-order valence-corrected chi connectivity index (χ0v) is 12.9. The van der Waals surface area contributed by atoms with E-state index in [2.05, 4.69) is 25.7 Å². The van der Waals surface area contributed by atoms with Crippen LogP contribution in [0.1, 0.15) is 37.6 Å². The van der Waals surface area contributed by atoms with Crippen LogP contribution in [0.2, 0.25) is 0 Å². The summed E-state index contributed by atoms with van der Waals surface area (Å²) >= 11 is 0. The number of hydrogen-bond donors (Lipinski definition) is 0. The molecule has 1 atom stereocenters. The fourth-order valence-corrected chi connectivity index (χ4v) is 2.03. The third-order valence-electron chi connectivity index (χ3n) is 3.40. The van der Waals surface area contributed by atoms with Crippen molar-refractivity contribution in [2.75, 3.05) is 26.7 Å². The van der Waals surface area contributed by atoms with Crippen molar-refractivity contribution in [3.8, 4) is 11.5 Å². The SMILES string of the molecule is CCN(CC)CCC(C)Oc1ccc(C=O)cc1OC. The van der Waals surface area contributed by atoms with Gasteiger partial charge in [0.1, 0.15) is 6.29 Å². The number of methoxy groups -OCH3 is 1. The number of rotatable bonds is 9. The highest BCUT2D eigenvalue weighted by atomic mass is 16.5. The largest absolute Gasteiger partial charge is 0.493 e. The summed E-state index contributed by atoms with van der Waals surface area (Å²) in [6, 6.07) is 5.22. The minimum absolute atomic E-state index is 0.103. The fraction of sp³-hybridized carbons (Fsp3) is 0.562. The summed E-state index contributed by atoms with van der Waals surface area (Å²) in [4.78, 5) is 13.1. The molecule has 4 nitrogen and oxygen atoms in total. The molecule has 0 aromatic heterocycles. The van der Waals surface area contributed by atoms with Crippen LogP contribution in [0.5, 0.6) is 11.5 Å². The first kappa shape index (κ1) is 16.5. The van der Waals surface area contributed by atoms with Gasteiger partial charge in [0.25, 0.3) is 0 Å². The monoisotopic (exact) mass is 279 g/mol. The lowest BCUT2D eigenvalue weighted by atomic mass is 10.2. The maximum atomic E-state index is 10.7. The molecule has 0 bridgehead atoms. The van der Waals surface area contributed by atoms with E-state index in [1.165, 1.54) is 0 Å². The van der Waals surface area contributed by atoms with E-state index in [0.717, 1.165) is 32.3 Å². The molecule has 1 unspecified atom stereocenters. The first-order valence-electron chi connectivity index (χ1n) is 7.16. The fourth-order valence-electron chi connectivity index (χ4n) is 2.03. The second-order valence-electron chi connectivity index (χ2n) is 4.77. The van der Waals surface area contributed by atoms with E-state index in [1.807, 2.05) is 0 Å². The lowest BCUT2D eigenvalue weighted by Gasteiger charge is -2.22. The third kappa shape index (κ3) is 4.85. The molecule has 0 aliphatic heterocycles. The van der Waals surface area contributed by atoms with Gasteiger partial charge in [0.15, 0.2) is 11.5 Å². The molecular weight excluding hydrogens is 254 g/mol. The van der Waals surface area contributed by atoms with Crippen LogP contribution in [-0.4, -0.2) is 44.0 Å². The highest BCUT2D eigenvalue weighted by molar-refractivity contribution is 5.76. The molecule has 0 aliphatic carbocycles. The van der Waals surface area contributed by atoms with Crippen LogP contribution in [0.15, 0.2) is 18.2 Å². The van der Waals surface area contributed by atoms with E-state index in [0.29, 0.717) is 17.1 Å². The Balaban J connectivity index is 2.61. The number of aldehydes is 1. The second-order valence-corrected chi connectivity index (χ2v) is 4.77. The minimum Gasteiger partial charge on any atom is -0.493 e. The summed E-state index contributed by atoms with van der Waals surface area (Å²) in [5, 5.41) is 0. The average Bonchev–Trinajstić information content (AvgIpc) is 2.48. The highest BCUT2D eigenvalue weighted by Gasteiger charge is 2.11. The Labute approximate surface area is 121 Å². The van der Waals surface area contributed by atoms with Crippen molar-refractivity contribution in [2.24, 2.45) is 0 Å². The van der Waals surface area contributed by atoms with Gasteiger partial charge in [-0.2, -0.15) is 0 Å². The van der Waals surface area contributed by atoms with Gasteiger partial charge in [-0.15, -0.1) is 0 Å². The number of nitrogens with zero attached hydrogens (tertiary/aromatic N) is 1. The summed E-state index contributed by atoms with van der Waals surface area (Å²) in [5.74, 6) is 1.29. The van der Waals surface area contributed by atoms with Gasteiger partial charge >= 0.3 is 0 Å². The molecular formula is C16H25NO3. The normalized spacial score (nSPS) is 12.2. The second kappa shape index (κ2) is 8.59. The molecule has 0 aliphatic rings. The molecule has 1 rings (SSSR count). The zero-order valence-electron chi connectivity index (χ0n) is 12.9. The van der Waals surface area contributed by atoms with Crippen LogP contribution in [0.25, 0.3) is 0 Å². The Morgan fingerprint density at radius 2 is 1.95 bits per heavy atom. The summed E-state index contributed by atoms with van der Waals surface area (Å²) in [6.07, 6.45) is 1.86. The number of hydrogen-bond acceptors (Lipinski definition) is 4. The molecule has 0 N–H and O–H groups in total. The number of benzene rings is 1. The van der Waals surface area contributed by atoms with Crippen molar-refractivity contribution < 1.29 is 14.3 Å². The Hall–Kier alpha value is -1.55. The molecule has 20 heavy (non-hydrogen) atoms. The lowest BCUT2D eigenvalue weighted by Crippen LogP contribution is -2.27. The summed E-state index contributed by atoms with van der Waals surface area (Å²) in [6.45, 7) is 9.51. The Morgan fingerprint density at radius 3 is 2.50 bits per heavy atom. The van der Waals surface area contributed by atoms with Crippen molar-refractivity contribution in [1.29, 1.82) is 0 Å². The van der Waals surface area contributed by atoms with Crippen LogP contribution >= 0.6 is 0 Å². The van der Waals surface area contributed by atoms with Crippen molar-refractivity contribution >= 4 is 6.29 Å². The molecule has 0 amide bonds. The lowest BCUT2D eigenvalue weighted by molar-refractivity contribution is 0.112. The van der Waals surface area contributed by atoms with Crippen LogP contribution in [0.3, 0.4) is 0 Å². The van der Waals surface area contributed by atoms with Crippen LogP contribution in [0.4, 0.5) is 0 Å². The Kier molecular flexibility index (Phi) is 7.09. The molecule has 1 aromatic carbocycles. The van der Waals surface area contributed by atoms with Gasteiger partial charge < -0.3 is 14.4 Å². The zero-order chi connectivity index (χ0) is 15.0. The molecule has 0 spiro atoms. The third-order valence-corrected chi connectivity index (χ3v) is 3.40. The molecule has 0 heterocycles. The molecule has 0 fully saturated rings. The predicted molar refractivity (Wildman–Crippen MR) is 80.9 cm³/mol. The summed E-state index contributed by atoms with van der Waals surface area (Å²) in [5.41, 5.74) is 0.588. The number of ether oxygens (including phenoxy) is 2. The van der Waals surface area contributed by atoms with Crippen molar-refractivity contribution in [1.82, 2.24) is 4.90 Å². The molecule has 0 saturated heterocycles. The van der Waals surface area contributed by atoms with Gasteiger partial charge in [-0.25, -0.2) is 0 Å². The number of carbonyl (C=O) groups excluding carboxylic acids is 1. The molecule has 4 heteroatoms. The van der Waals surface area contributed by atoms with Crippen LogP contribution in [0, 0.1) is 0 Å². The van der Waals surface area contributed by atoms with Gasteiger partial charge in [0, 0.05) is 12.1 Å². The topological polar surface area (TPSA) is 38.8 Å². The van der Waals surface area contributed by atoms with E-state index >= 15 is 0 Å². The van der Waals surface area contributed by atoms with E-state index in [9.17, 15) is 4.79 Å². The molecule has 0 radical (unpaired) electrons. The van der Waals surface area contributed by atoms with Crippen LogP contribution in [-0.2, 0) is 0 Å². The molecule has 0 saturated carbocycles. The van der Waals surface area contributed by atoms with Crippen molar-refractivity contribution in [3.63, 3.8) is 0 Å². The van der Waals surface area contributed by atoms with E-state index in [-0.39, 0.29) is 6.10 Å². The average molecular weight is 279 g/mol. The highest BCUT2D eigenvalue weighted by Crippen LogP contribution is 2.28. The maximum absolute atomic E-state index is 10.7. The quantitative estimate of drug-likeness (QED) is 0.651. The van der Waals surface area contributed by atoms with Gasteiger partial charge in [0.2, 0.25) is 0 Å². The molecule has 1 aromatic rings. The summed E-state index contributed by atoms with van der Waals surface area (Å²) < 4.78 is 11.2. The number of carbonyl (C=O) groups is 1. The maximum Gasteiger partial charge on any atom is 0.161 e. The summed E-state index contributed by atoms with van der Waals surface area (Å²) in [7, 11) is 1.58. The van der Waals surface area contributed by atoms with Crippen molar-refractivity contribution in [3.05, 3.63) is 23.8 Å². The van der Waals surface area contributed by atoms with Gasteiger partial charge in [-0.1, -0.05) is 13.8 Å². The Bertz CT molecular complexity index is 416. The Morgan fingerprint density at radius 1 is 1.25 bits per heavy atom. The van der Waals surface area contributed by atoms with E-state index in [1.54, 1.807) is 25.3 Å².